The van der Waals surface area contributed by atoms with Crippen molar-refractivity contribution in [1.82, 2.24) is 4.90 Å². The van der Waals surface area contributed by atoms with Gasteiger partial charge in [-0.3, -0.25) is 4.79 Å². The molecule has 0 aliphatic carbocycles. The number of rotatable bonds is 6. The van der Waals surface area contributed by atoms with E-state index in [0.29, 0.717) is 12.8 Å². The summed E-state index contributed by atoms with van der Waals surface area (Å²) >= 11 is 0. The molecule has 0 spiro atoms. The van der Waals surface area contributed by atoms with Gasteiger partial charge in [0.25, 0.3) is 0 Å². The highest BCUT2D eigenvalue weighted by Gasteiger charge is 2.57. The van der Waals surface area contributed by atoms with Gasteiger partial charge in [0.15, 0.2) is 12.6 Å². The van der Waals surface area contributed by atoms with Crippen molar-refractivity contribution in [2.45, 2.75) is 180 Å². The number of cyclic esters (lactones) is 1. The van der Waals surface area contributed by atoms with Crippen LogP contribution >= 0.6 is 0 Å². The molecule has 2 bridgehead atoms. The fourth-order valence-corrected chi connectivity index (χ4v) is 8.97. The molecule has 4 rings (SSSR count). The summed E-state index contributed by atoms with van der Waals surface area (Å²) in [6.07, 6.45) is -6.28. The van der Waals surface area contributed by atoms with E-state index in [1.807, 2.05) is 74.4 Å². The smallest absolute Gasteiger partial charge is 0.311 e. The van der Waals surface area contributed by atoms with Gasteiger partial charge in [0.1, 0.15) is 18.3 Å². The van der Waals surface area contributed by atoms with Gasteiger partial charge in [-0.1, -0.05) is 34.6 Å². The minimum absolute atomic E-state index is 0.0541. The first kappa shape index (κ1) is 40.8. The van der Waals surface area contributed by atoms with Crippen LogP contribution in [-0.2, 0) is 38.0 Å². The van der Waals surface area contributed by atoms with Gasteiger partial charge in [0, 0.05) is 36.8 Å². The van der Waals surface area contributed by atoms with Crippen LogP contribution in [0, 0.1) is 29.1 Å². The lowest BCUT2D eigenvalue weighted by Crippen LogP contribution is -2.60. The second-order valence-corrected chi connectivity index (χ2v) is 17.1. The van der Waals surface area contributed by atoms with Crippen LogP contribution in [0.4, 0.5) is 0 Å². The summed E-state index contributed by atoms with van der Waals surface area (Å²) in [4.78, 5) is 16.1. The van der Waals surface area contributed by atoms with Gasteiger partial charge in [-0.15, -0.1) is 0 Å². The van der Waals surface area contributed by atoms with E-state index >= 15 is 0 Å². The highest BCUT2D eigenvalue weighted by Crippen LogP contribution is 2.48. The average Bonchev–Trinajstić information content (AvgIpc) is 3.34. The van der Waals surface area contributed by atoms with Crippen LogP contribution in [-0.4, -0.2) is 132 Å². The van der Waals surface area contributed by atoms with E-state index in [-0.39, 0.29) is 36.5 Å². The van der Waals surface area contributed by atoms with Gasteiger partial charge in [-0.2, -0.15) is 0 Å². The number of aliphatic hydroxyl groups is 3. The molecule has 4 aliphatic heterocycles. The Morgan fingerprint density at radius 1 is 0.857 bits per heavy atom. The van der Waals surface area contributed by atoms with E-state index in [2.05, 4.69) is 6.92 Å². The van der Waals surface area contributed by atoms with Crippen LogP contribution < -0.4 is 0 Å². The Morgan fingerprint density at radius 2 is 1.49 bits per heavy atom. The Labute approximate surface area is 294 Å². The van der Waals surface area contributed by atoms with Gasteiger partial charge < -0.3 is 53.4 Å². The van der Waals surface area contributed by atoms with Crippen LogP contribution in [0.5, 0.6) is 0 Å². The molecule has 3 N–H and O–H groups in total. The van der Waals surface area contributed by atoms with E-state index in [0.717, 1.165) is 0 Å². The molecule has 0 aromatic heterocycles. The summed E-state index contributed by atoms with van der Waals surface area (Å²) < 4.78 is 45.1. The number of carbonyl (C=O) groups is 1. The minimum atomic E-state index is -0.975. The van der Waals surface area contributed by atoms with Crippen LogP contribution in [0.1, 0.15) is 95.4 Å². The number of aliphatic hydroxyl groups excluding tert-OH is 3. The van der Waals surface area contributed by atoms with Crippen molar-refractivity contribution in [3.05, 3.63) is 0 Å². The van der Waals surface area contributed by atoms with Crippen LogP contribution in [0.2, 0.25) is 0 Å². The Bertz CT molecular complexity index is 1120. The van der Waals surface area contributed by atoms with Crippen molar-refractivity contribution in [2.75, 3.05) is 21.2 Å². The number of nitrogens with zero attached hydrogens (tertiary/aromatic N) is 1. The quantitative estimate of drug-likeness (QED) is 0.349. The lowest BCUT2D eigenvalue weighted by atomic mass is 9.72. The van der Waals surface area contributed by atoms with Gasteiger partial charge in [-0.05, 0) is 74.4 Å². The summed E-state index contributed by atoms with van der Waals surface area (Å²) in [6.45, 7) is 21.1. The van der Waals surface area contributed by atoms with Crippen LogP contribution in [0.25, 0.3) is 0 Å². The Kier molecular flexibility index (Phi) is 12.7. The Hall–Kier alpha value is -0.930. The number of ether oxygens (including phenoxy) is 7. The predicted molar refractivity (Wildman–Crippen MR) is 182 cm³/mol. The lowest BCUT2D eigenvalue weighted by Gasteiger charge is -2.48. The number of esters is 1. The number of fused-ring (bicyclic) bond motifs is 2. The van der Waals surface area contributed by atoms with Gasteiger partial charge in [0.05, 0.1) is 53.7 Å². The lowest BCUT2D eigenvalue weighted by molar-refractivity contribution is -0.318. The maximum Gasteiger partial charge on any atom is 0.311 e. The summed E-state index contributed by atoms with van der Waals surface area (Å²) in [5.74, 6) is -2.04. The predicted octanol–water partition coefficient (Wildman–Crippen LogP) is 3.51. The molecule has 0 aromatic carbocycles. The molecule has 0 saturated carbocycles. The van der Waals surface area contributed by atoms with Crippen molar-refractivity contribution in [1.29, 1.82) is 0 Å². The van der Waals surface area contributed by atoms with Crippen LogP contribution in [0.3, 0.4) is 0 Å². The van der Waals surface area contributed by atoms with Crippen molar-refractivity contribution >= 4 is 5.97 Å². The van der Waals surface area contributed by atoms with Crippen molar-refractivity contribution in [3.8, 4) is 0 Å². The highest BCUT2D eigenvalue weighted by molar-refractivity contribution is 5.73. The van der Waals surface area contributed by atoms with E-state index in [9.17, 15) is 20.1 Å². The van der Waals surface area contributed by atoms with Crippen LogP contribution in [0.15, 0.2) is 0 Å². The molecule has 12 nitrogen and oxygen atoms in total. The molecule has 0 radical (unpaired) electrons. The van der Waals surface area contributed by atoms with E-state index in [4.69, 9.17) is 33.2 Å². The summed E-state index contributed by atoms with van der Waals surface area (Å²) in [7, 11) is 5.41. The van der Waals surface area contributed by atoms with E-state index in [1.54, 1.807) is 21.0 Å². The summed E-state index contributed by atoms with van der Waals surface area (Å²) in [6, 6.07) is -0.196. The van der Waals surface area contributed by atoms with Gasteiger partial charge >= 0.3 is 5.97 Å². The normalized spacial score (nSPS) is 51.4. The first-order valence-electron chi connectivity index (χ1n) is 18.3. The first-order valence-corrected chi connectivity index (χ1v) is 18.3. The average molecular weight is 702 g/mol. The fraction of sp³-hybridized carbons (Fsp3) is 0.973. The third-order valence-corrected chi connectivity index (χ3v) is 12.6. The van der Waals surface area contributed by atoms with Crippen molar-refractivity contribution in [3.63, 3.8) is 0 Å². The standard InChI is InChI=1S/C37H67NO11/c1-18-16-37(11)32(48-34-27(39)25(38(12)13)15-19(2)44-34)21(4)29(47-26-17-36(10,43-14)31(41)23(6)45-26)22(5)33(42)46-24(7)35(8,9)30(40)20(3)28(18)49-37/h18-32,34,39-41H,15-17H2,1-14H3/t18?,19-,20+,21+,22-,23+,24?,25?,26?,27?,28?,29?,30?,31?,32?,34?,36-,37-/m1/s1. The number of likely N-dealkylation sites (N-methyl/N-ethyl adjacent to an activating group) is 1. The molecular weight excluding hydrogens is 634 g/mol. The number of methoxy groups -OCH3 is 1. The topological polar surface area (TPSA) is 146 Å². The maximum atomic E-state index is 14.1. The Morgan fingerprint density at radius 3 is 2.08 bits per heavy atom. The third kappa shape index (κ3) is 8.04. The third-order valence-electron chi connectivity index (χ3n) is 12.6. The zero-order valence-electron chi connectivity index (χ0n) is 32.4. The largest absolute Gasteiger partial charge is 0.462 e. The van der Waals surface area contributed by atoms with Gasteiger partial charge in [0.2, 0.25) is 0 Å². The molecule has 4 fully saturated rings. The molecule has 0 amide bonds. The molecule has 4 saturated heterocycles. The Balaban J connectivity index is 1.82. The number of hydrogen-bond donors (Lipinski definition) is 3. The van der Waals surface area contributed by atoms with Crippen molar-refractivity contribution in [2.24, 2.45) is 29.1 Å². The molecule has 18 atom stereocenters. The monoisotopic (exact) mass is 701 g/mol. The molecular formula is C37H67NO11. The van der Waals surface area contributed by atoms with E-state index < -0.39 is 89.7 Å². The first-order chi connectivity index (χ1) is 22.6. The second-order valence-electron chi connectivity index (χ2n) is 17.1. The minimum Gasteiger partial charge on any atom is -0.462 e. The molecule has 4 aliphatic rings. The summed E-state index contributed by atoms with van der Waals surface area (Å²) in [5, 5.41) is 34.3. The SMILES string of the molecule is CO[C@]1(C)CC(OC2[C@H](C)C(OC3O[C@H](C)CC(N(C)C)C3O)[C@@]3(C)CC(C)C(O3)[C@H](C)C(O)C(C)(C)C(C)OC(=O)[C@@H]2C)O[C@@H](C)C1O. The molecule has 286 valence electrons. The van der Waals surface area contributed by atoms with Crippen molar-refractivity contribution < 1.29 is 53.3 Å². The zero-order valence-corrected chi connectivity index (χ0v) is 32.4. The molecule has 4 heterocycles. The van der Waals surface area contributed by atoms with E-state index in [1.165, 1.54) is 0 Å². The fourth-order valence-electron chi connectivity index (χ4n) is 8.97. The molecule has 49 heavy (non-hydrogen) atoms. The van der Waals surface area contributed by atoms with Gasteiger partial charge in [-0.25, -0.2) is 0 Å². The highest BCUT2D eigenvalue weighted by atomic mass is 16.7. The zero-order chi connectivity index (χ0) is 37.0. The second kappa shape index (κ2) is 15.2. The molecule has 0 aromatic rings. The molecule has 11 unspecified atom stereocenters. The summed E-state index contributed by atoms with van der Waals surface area (Å²) in [5.41, 5.74) is -2.65. The number of carbonyl (C=O) groups excluding carboxylic acids is 1. The number of hydrogen-bond acceptors (Lipinski definition) is 12. The molecule has 12 heteroatoms. The maximum absolute atomic E-state index is 14.1.